The van der Waals surface area contributed by atoms with Gasteiger partial charge in [0, 0.05) is 25.7 Å². The van der Waals surface area contributed by atoms with E-state index in [4.69, 9.17) is 30.5 Å². The van der Waals surface area contributed by atoms with E-state index in [1.807, 2.05) is 31.2 Å². The van der Waals surface area contributed by atoms with Crippen LogP contribution in [0.2, 0.25) is 0 Å². The monoisotopic (exact) mass is 430 g/mol. The lowest BCUT2D eigenvalue weighted by Gasteiger charge is -2.43. The van der Waals surface area contributed by atoms with Gasteiger partial charge in [0.05, 0.1) is 5.25 Å². The number of benzene rings is 1. The normalized spacial score (nSPS) is 27.0. The zero-order chi connectivity index (χ0) is 20.8. The Bertz CT molecular complexity index is 709. The maximum atomic E-state index is 11.7. The van der Waals surface area contributed by atoms with Crippen LogP contribution >= 0.6 is 23.4 Å². The van der Waals surface area contributed by atoms with Gasteiger partial charge in [0.15, 0.2) is 12.2 Å². The third-order valence-corrected chi connectivity index (χ3v) is 5.78. The van der Waals surface area contributed by atoms with Gasteiger partial charge >= 0.3 is 17.9 Å². The molecule has 0 saturated carbocycles. The Morgan fingerprint density at radius 3 is 2.11 bits per heavy atom. The number of alkyl halides is 1. The van der Waals surface area contributed by atoms with E-state index in [9.17, 15) is 14.4 Å². The Morgan fingerprint density at radius 2 is 1.57 bits per heavy atom. The summed E-state index contributed by atoms with van der Waals surface area (Å²) < 4.78 is 21.6. The molecule has 1 saturated heterocycles. The molecule has 0 aliphatic carbocycles. The van der Waals surface area contributed by atoms with Crippen molar-refractivity contribution in [3.63, 3.8) is 0 Å². The van der Waals surface area contributed by atoms with E-state index in [0.717, 1.165) is 10.5 Å². The molecule has 7 nitrogen and oxygen atoms in total. The van der Waals surface area contributed by atoms with Crippen LogP contribution < -0.4 is 0 Å². The molecule has 1 aromatic carbocycles. The summed E-state index contributed by atoms with van der Waals surface area (Å²) in [6, 6.07) is 7.73. The smallest absolute Gasteiger partial charge is 0.303 e. The first kappa shape index (κ1) is 22.5. The molecule has 0 spiro atoms. The van der Waals surface area contributed by atoms with Gasteiger partial charge in [-0.1, -0.05) is 29.3 Å². The fourth-order valence-electron chi connectivity index (χ4n) is 2.76. The summed E-state index contributed by atoms with van der Waals surface area (Å²) in [5.74, 6) is -1.64. The van der Waals surface area contributed by atoms with Crippen LogP contribution in [-0.4, -0.2) is 53.6 Å². The first-order chi connectivity index (χ1) is 13.2. The van der Waals surface area contributed by atoms with E-state index >= 15 is 0 Å². The van der Waals surface area contributed by atoms with Gasteiger partial charge in [-0.15, -0.1) is 11.8 Å². The van der Waals surface area contributed by atoms with Crippen LogP contribution in [0.3, 0.4) is 0 Å². The molecule has 1 aromatic rings. The van der Waals surface area contributed by atoms with Crippen molar-refractivity contribution < 1.29 is 33.3 Å². The largest absolute Gasteiger partial charge is 0.463 e. The Hall–Kier alpha value is -1.77. The fourth-order valence-corrected chi connectivity index (χ4v) is 4.31. The van der Waals surface area contributed by atoms with E-state index < -0.39 is 47.0 Å². The summed E-state index contributed by atoms with van der Waals surface area (Å²) in [6.07, 6.45) is -2.72. The van der Waals surface area contributed by atoms with Gasteiger partial charge in [-0.25, -0.2) is 0 Å². The zero-order valence-corrected chi connectivity index (χ0v) is 17.6. The highest BCUT2D eigenvalue weighted by Crippen LogP contribution is 2.39. The number of esters is 3. The lowest BCUT2D eigenvalue weighted by molar-refractivity contribution is -0.203. The lowest BCUT2D eigenvalue weighted by Crippen LogP contribution is -2.59. The topological polar surface area (TPSA) is 88.1 Å². The standard InChI is InChI=1S/C19H23ClO7S/c1-10-5-7-14(8-6-10)28-18-17(26-13(4)23)16(25-12(3)22)15(27-19(18)20)9-24-11(2)21/h5-8,15-19H,9H2,1-4H3/t15-,16-,17+,18-,19+/m1/s1. The van der Waals surface area contributed by atoms with Crippen molar-refractivity contribution in [1.29, 1.82) is 0 Å². The fraction of sp³-hybridized carbons (Fsp3) is 0.526. The molecule has 0 bridgehead atoms. The molecule has 2 rings (SSSR count). The number of carbonyl (C=O) groups excluding carboxylic acids is 3. The number of hydrogen-bond acceptors (Lipinski definition) is 8. The third kappa shape index (κ3) is 6.39. The highest BCUT2D eigenvalue weighted by Gasteiger charge is 2.50. The number of halogens is 1. The molecule has 0 unspecified atom stereocenters. The summed E-state index contributed by atoms with van der Waals surface area (Å²) in [5, 5.41) is -0.550. The average molecular weight is 431 g/mol. The van der Waals surface area contributed by atoms with Gasteiger partial charge in [0.25, 0.3) is 0 Å². The van der Waals surface area contributed by atoms with E-state index in [1.165, 1.54) is 32.5 Å². The molecule has 1 aliphatic rings. The van der Waals surface area contributed by atoms with Crippen LogP contribution in [0.5, 0.6) is 0 Å². The molecule has 0 amide bonds. The van der Waals surface area contributed by atoms with E-state index in [1.54, 1.807) is 0 Å². The molecule has 5 atom stereocenters. The van der Waals surface area contributed by atoms with Crippen LogP contribution in [0.4, 0.5) is 0 Å². The predicted octanol–water partition coefficient (Wildman–Crippen LogP) is 2.85. The summed E-state index contributed by atoms with van der Waals surface area (Å²) in [4.78, 5) is 35.4. The van der Waals surface area contributed by atoms with Crippen LogP contribution in [0.25, 0.3) is 0 Å². The van der Waals surface area contributed by atoms with Crippen molar-refractivity contribution in [2.24, 2.45) is 0 Å². The van der Waals surface area contributed by atoms with Crippen molar-refractivity contribution in [1.82, 2.24) is 0 Å². The zero-order valence-electron chi connectivity index (χ0n) is 16.0. The first-order valence-electron chi connectivity index (χ1n) is 8.68. The number of rotatable bonds is 6. The Labute approximate surface area is 173 Å². The van der Waals surface area contributed by atoms with Crippen molar-refractivity contribution in [3.8, 4) is 0 Å². The highest BCUT2D eigenvalue weighted by molar-refractivity contribution is 8.00. The average Bonchev–Trinajstić information content (AvgIpc) is 2.59. The summed E-state index contributed by atoms with van der Waals surface area (Å²) in [7, 11) is 0. The molecule has 1 heterocycles. The van der Waals surface area contributed by atoms with Crippen molar-refractivity contribution in [2.45, 2.75) is 61.7 Å². The van der Waals surface area contributed by atoms with E-state index in [-0.39, 0.29) is 6.61 Å². The van der Waals surface area contributed by atoms with Crippen LogP contribution in [0.15, 0.2) is 29.2 Å². The second-order valence-corrected chi connectivity index (χ2v) is 8.05. The third-order valence-electron chi connectivity index (χ3n) is 3.93. The second-order valence-electron chi connectivity index (χ2n) is 6.37. The molecule has 1 aliphatic heterocycles. The molecule has 28 heavy (non-hydrogen) atoms. The number of carbonyl (C=O) groups is 3. The number of thioether (sulfide) groups is 1. The molecular formula is C19H23ClO7S. The summed E-state index contributed by atoms with van der Waals surface area (Å²) >= 11 is 7.79. The van der Waals surface area contributed by atoms with Gasteiger partial charge < -0.3 is 18.9 Å². The maximum absolute atomic E-state index is 11.7. The Morgan fingerprint density at radius 1 is 1.00 bits per heavy atom. The minimum absolute atomic E-state index is 0.184. The van der Waals surface area contributed by atoms with Gasteiger partial charge in [-0.05, 0) is 19.1 Å². The van der Waals surface area contributed by atoms with Crippen LogP contribution in [0.1, 0.15) is 26.3 Å². The first-order valence-corrected chi connectivity index (χ1v) is 9.99. The maximum Gasteiger partial charge on any atom is 0.303 e. The van der Waals surface area contributed by atoms with Gasteiger partial charge in [-0.3, -0.25) is 14.4 Å². The van der Waals surface area contributed by atoms with Gasteiger partial charge in [0.2, 0.25) is 0 Å². The molecule has 0 aromatic heterocycles. The minimum atomic E-state index is -0.973. The van der Waals surface area contributed by atoms with Crippen molar-refractivity contribution in [2.75, 3.05) is 6.61 Å². The quantitative estimate of drug-likeness (QED) is 0.386. The summed E-state index contributed by atoms with van der Waals surface area (Å²) in [6.45, 7) is 5.54. The van der Waals surface area contributed by atoms with Gasteiger partial charge in [-0.2, -0.15) is 0 Å². The van der Waals surface area contributed by atoms with E-state index in [0.29, 0.717) is 0 Å². The molecule has 9 heteroatoms. The molecular weight excluding hydrogens is 408 g/mol. The van der Waals surface area contributed by atoms with Crippen LogP contribution in [0, 0.1) is 6.92 Å². The lowest BCUT2D eigenvalue weighted by atomic mass is 10.0. The molecule has 0 radical (unpaired) electrons. The molecule has 154 valence electrons. The van der Waals surface area contributed by atoms with Gasteiger partial charge in [0.1, 0.15) is 18.3 Å². The number of hydrogen-bond donors (Lipinski definition) is 0. The SMILES string of the molecule is CC(=O)OC[C@H]1O[C@H](Cl)[C@H](Sc2ccc(C)cc2)[C@@H](OC(C)=O)[C@@H]1OC(C)=O. The predicted molar refractivity (Wildman–Crippen MR) is 103 cm³/mol. The van der Waals surface area contributed by atoms with E-state index in [2.05, 4.69) is 0 Å². The Balaban J connectivity index is 2.31. The minimum Gasteiger partial charge on any atom is -0.463 e. The molecule has 1 fully saturated rings. The summed E-state index contributed by atoms with van der Waals surface area (Å²) in [5.41, 5.74) is 0.227. The van der Waals surface area contributed by atoms with Crippen LogP contribution in [-0.2, 0) is 33.3 Å². The highest BCUT2D eigenvalue weighted by atomic mass is 35.5. The van der Waals surface area contributed by atoms with Crippen molar-refractivity contribution in [3.05, 3.63) is 29.8 Å². The second kappa shape index (κ2) is 10.1. The Kier molecular flexibility index (Phi) is 8.15. The number of aryl methyl sites for hydroxylation is 1. The molecule has 0 N–H and O–H groups in total. The number of ether oxygens (including phenoxy) is 4. The van der Waals surface area contributed by atoms with Crippen molar-refractivity contribution >= 4 is 41.3 Å².